The van der Waals surface area contributed by atoms with Gasteiger partial charge in [0, 0.05) is 73.7 Å². The maximum Gasteiger partial charge on any atom is 0.255 e. The van der Waals surface area contributed by atoms with Crippen LogP contribution in [0.4, 0.5) is 10.1 Å². The van der Waals surface area contributed by atoms with E-state index < -0.39 is 6.17 Å². The molecule has 2 bridgehead atoms. The Balaban J connectivity index is 1.30. The Bertz CT molecular complexity index is 1190. The minimum atomic E-state index is -0.755. The van der Waals surface area contributed by atoms with Crippen molar-refractivity contribution in [2.45, 2.75) is 38.0 Å². The van der Waals surface area contributed by atoms with Gasteiger partial charge in [0.2, 0.25) is 0 Å². The number of rotatable bonds is 3. The fraction of sp³-hybridized carbons (Fsp3) is 0.440. The Labute approximate surface area is 181 Å². The van der Waals surface area contributed by atoms with E-state index in [1.165, 1.54) is 11.1 Å². The molecule has 3 atom stereocenters. The van der Waals surface area contributed by atoms with Gasteiger partial charge in [0.1, 0.15) is 6.17 Å². The number of likely N-dealkylation sites (tertiary alicyclic amines) is 1. The molecule has 0 radical (unpaired) electrons. The predicted molar refractivity (Wildman–Crippen MR) is 120 cm³/mol. The molecular weight excluding hydrogens is 391 g/mol. The zero-order chi connectivity index (χ0) is 20.9. The highest BCUT2D eigenvalue weighted by Crippen LogP contribution is 2.38. The maximum absolute atomic E-state index is 13.5. The zero-order valence-corrected chi connectivity index (χ0v) is 17.6. The van der Waals surface area contributed by atoms with Crippen LogP contribution < -0.4 is 10.5 Å². The zero-order valence-electron chi connectivity index (χ0n) is 17.6. The van der Waals surface area contributed by atoms with Gasteiger partial charge in [-0.3, -0.25) is 14.7 Å². The monoisotopic (exact) mass is 418 g/mol. The molecule has 5 heterocycles. The standard InChI is InChI=1S/C25H27FN4O/c26-20-8-10-28(16-20)14-18-5-6-23-19-11-17(13-30(23)25(18)31)12-29(15-19)24-7-9-27-22-4-2-1-3-21(22)24/h1-7,9,17,19-20H,8,10-16H2/t17-,19+,20+/m0/s1. The number of piperidine rings is 1. The van der Waals surface area contributed by atoms with Gasteiger partial charge in [-0.2, -0.15) is 0 Å². The number of alkyl halides is 1. The summed E-state index contributed by atoms with van der Waals surface area (Å²) < 4.78 is 15.6. The lowest BCUT2D eigenvalue weighted by molar-refractivity contribution is 0.270. The first kappa shape index (κ1) is 19.0. The van der Waals surface area contributed by atoms with Crippen LogP contribution in [-0.4, -0.2) is 46.8 Å². The van der Waals surface area contributed by atoms with Crippen LogP contribution in [-0.2, 0) is 13.1 Å². The summed E-state index contributed by atoms with van der Waals surface area (Å²) >= 11 is 0. The lowest BCUT2D eigenvalue weighted by atomic mass is 9.82. The molecule has 2 aromatic heterocycles. The molecule has 0 amide bonds. The highest BCUT2D eigenvalue weighted by Gasteiger charge is 2.35. The third-order valence-corrected chi connectivity index (χ3v) is 7.26. The lowest BCUT2D eigenvalue weighted by Gasteiger charge is -2.44. The third kappa shape index (κ3) is 3.33. The molecule has 2 fully saturated rings. The van der Waals surface area contributed by atoms with Crippen molar-refractivity contribution in [3.05, 3.63) is 70.3 Å². The summed E-state index contributed by atoms with van der Waals surface area (Å²) in [6.45, 7) is 4.38. The van der Waals surface area contributed by atoms with Gasteiger partial charge in [-0.15, -0.1) is 0 Å². The van der Waals surface area contributed by atoms with Crippen LogP contribution in [0.15, 0.2) is 53.5 Å². The summed E-state index contributed by atoms with van der Waals surface area (Å²) in [4.78, 5) is 22.3. The van der Waals surface area contributed by atoms with Crippen molar-refractivity contribution in [2.24, 2.45) is 5.92 Å². The second kappa shape index (κ2) is 7.45. The van der Waals surface area contributed by atoms with E-state index in [1.807, 2.05) is 22.9 Å². The van der Waals surface area contributed by atoms with Gasteiger partial charge >= 0.3 is 0 Å². The van der Waals surface area contributed by atoms with Gasteiger partial charge in [-0.1, -0.05) is 24.3 Å². The van der Waals surface area contributed by atoms with Gasteiger partial charge in [0.25, 0.3) is 5.56 Å². The molecule has 0 N–H and O–H groups in total. The minimum absolute atomic E-state index is 0.123. The van der Waals surface area contributed by atoms with Crippen LogP contribution in [0.3, 0.4) is 0 Å². The van der Waals surface area contributed by atoms with Crippen LogP contribution >= 0.6 is 0 Å². The van der Waals surface area contributed by atoms with E-state index in [0.717, 1.165) is 49.4 Å². The summed E-state index contributed by atoms with van der Waals surface area (Å²) in [6.07, 6.45) is 2.85. The van der Waals surface area contributed by atoms with E-state index in [1.54, 1.807) is 0 Å². The molecule has 0 aliphatic carbocycles. The molecule has 3 aromatic rings. The summed E-state index contributed by atoms with van der Waals surface area (Å²) in [5.41, 5.74) is 4.34. The fourth-order valence-corrected chi connectivity index (χ4v) is 5.83. The molecule has 6 heteroatoms. The Morgan fingerprint density at radius 2 is 1.94 bits per heavy atom. The molecule has 3 aliphatic heterocycles. The molecule has 0 saturated carbocycles. The van der Waals surface area contributed by atoms with Crippen molar-refractivity contribution in [1.82, 2.24) is 14.5 Å². The Morgan fingerprint density at radius 1 is 1.03 bits per heavy atom. The average molecular weight is 419 g/mol. The minimum Gasteiger partial charge on any atom is -0.370 e. The lowest BCUT2D eigenvalue weighted by Crippen LogP contribution is -2.47. The normalized spacial score (nSPS) is 25.7. The maximum atomic E-state index is 13.5. The fourth-order valence-electron chi connectivity index (χ4n) is 5.83. The van der Waals surface area contributed by atoms with Gasteiger partial charge < -0.3 is 9.47 Å². The number of pyridine rings is 2. The molecule has 3 aliphatic rings. The quantitative estimate of drug-likeness (QED) is 0.652. The molecule has 0 spiro atoms. The van der Waals surface area contributed by atoms with Crippen LogP contribution in [0.5, 0.6) is 0 Å². The Kier molecular flexibility index (Phi) is 4.56. The van der Waals surface area contributed by atoms with Crippen LogP contribution in [0, 0.1) is 5.92 Å². The molecule has 1 aromatic carbocycles. The van der Waals surface area contributed by atoms with Crippen LogP contribution in [0.2, 0.25) is 0 Å². The predicted octanol–water partition coefficient (Wildman–Crippen LogP) is 3.56. The Morgan fingerprint density at radius 3 is 2.81 bits per heavy atom. The van der Waals surface area contributed by atoms with E-state index >= 15 is 0 Å². The van der Waals surface area contributed by atoms with Gasteiger partial charge in [-0.25, -0.2) is 4.39 Å². The second-order valence-corrected chi connectivity index (χ2v) is 9.37. The number of halogens is 1. The van der Waals surface area contributed by atoms with Gasteiger partial charge in [-0.05, 0) is 37.0 Å². The topological polar surface area (TPSA) is 41.4 Å². The largest absolute Gasteiger partial charge is 0.370 e. The molecule has 6 rings (SSSR count). The van der Waals surface area contributed by atoms with Crippen molar-refractivity contribution in [3.63, 3.8) is 0 Å². The molecule has 0 unspecified atom stereocenters. The molecular formula is C25H27FN4O. The van der Waals surface area contributed by atoms with E-state index in [-0.39, 0.29) is 5.56 Å². The Hall–Kier alpha value is -2.73. The van der Waals surface area contributed by atoms with Crippen molar-refractivity contribution < 1.29 is 4.39 Å². The second-order valence-electron chi connectivity index (χ2n) is 9.37. The smallest absolute Gasteiger partial charge is 0.255 e. The number of hydrogen-bond acceptors (Lipinski definition) is 4. The van der Waals surface area contributed by atoms with Gasteiger partial charge in [0.05, 0.1) is 5.52 Å². The number of aromatic nitrogens is 2. The number of para-hydroxylation sites is 1. The van der Waals surface area contributed by atoms with Crippen molar-refractivity contribution in [1.29, 1.82) is 0 Å². The van der Waals surface area contributed by atoms with E-state index in [2.05, 4.69) is 45.1 Å². The molecule has 5 nitrogen and oxygen atoms in total. The summed E-state index contributed by atoms with van der Waals surface area (Å²) in [6, 6.07) is 14.6. The van der Waals surface area contributed by atoms with Crippen LogP contribution in [0.1, 0.15) is 30.0 Å². The van der Waals surface area contributed by atoms with E-state index in [9.17, 15) is 9.18 Å². The van der Waals surface area contributed by atoms with E-state index in [0.29, 0.717) is 31.3 Å². The van der Waals surface area contributed by atoms with Crippen LogP contribution in [0.25, 0.3) is 10.9 Å². The molecule has 160 valence electrons. The first-order chi connectivity index (χ1) is 15.2. The highest BCUT2D eigenvalue weighted by molar-refractivity contribution is 5.91. The molecule has 2 saturated heterocycles. The highest BCUT2D eigenvalue weighted by atomic mass is 19.1. The number of nitrogens with zero attached hydrogens (tertiary/aromatic N) is 4. The van der Waals surface area contributed by atoms with Crippen molar-refractivity contribution in [2.75, 3.05) is 31.1 Å². The first-order valence-electron chi connectivity index (χ1n) is 11.3. The number of benzene rings is 1. The summed E-state index contributed by atoms with van der Waals surface area (Å²) in [5, 5.41) is 1.19. The SMILES string of the molecule is O=c1c(CN2CC[C@@H](F)C2)ccc2n1C[C@H]1C[C@@H]2CN(c2ccnc3ccccc23)C1. The average Bonchev–Trinajstić information content (AvgIpc) is 3.20. The third-order valence-electron chi connectivity index (χ3n) is 7.26. The summed E-state index contributed by atoms with van der Waals surface area (Å²) in [5.74, 6) is 0.802. The van der Waals surface area contributed by atoms with Crippen molar-refractivity contribution in [3.8, 4) is 0 Å². The van der Waals surface area contributed by atoms with Crippen molar-refractivity contribution >= 4 is 16.6 Å². The summed E-state index contributed by atoms with van der Waals surface area (Å²) in [7, 11) is 0. The molecule has 31 heavy (non-hydrogen) atoms. The number of anilines is 1. The number of fused-ring (bicyclic) bond motifs is 5. The number of hydrogen-bond donors (Lipinski definition) is 0. The van der Waals surface area contributed by atoms with E-state index in [4.69, 9.17) is 0 Å². The van der Waals surface area contributed by atoms with Gasteiger partial charge in [0.15, 0.2) is 0 Å². The first-order valence-corrected chi connectivity index (χ1v) is 11.3.